The highest BCUT2D eigenvalue weighted by atomic mass is 79.9. The van der Waals surface area contributed by atoms with Crippen molar-refractivity contribution in [2.24, 2.45) is 0 Å². The lowest BCUT2D eigenvalue weighted by molar-refractivity contribution is 0.101. The Bertz CT molecular complexity index is 526. The summed E-state index contributed by atoms with van der Waals surface area (Å²) in [5, 5.41) is 0. The van der Waals surface area contributed by atoms with E-state index in [0.29, 0.717) is 10.2 Å². The minimum atomic E-state index is -0.174. The molecule has 0 fully saturated rings. The number of hydrogen-bond donors (Lipinski definition) is 1. The van der Waals surface area contributed by atoms with Gasteiger partial charge in [-0.3, -0.25) is 14.9 Å². The van der Waals surface area contributed by atoms with Crippen LogP contribution in [0.1, 0.15) is 21.7 Å². The van der Waals surface area contributed by atoms with Gasteiger partial charge >= 0.3 is 0 Å². The van der Waals surface area contributed by atoms with Crippen LogP contribution in [0.3, 0.4) is 0 Å². The molecule has 88 valence electrons. The third-order valence-corrected chi connectivity index (χ3v) is 2.94. The molecule has 17 heavy (non-hydrogen) atoms. The fraction of sp³-hybridized carbons (Fsp3) is 0.167. The average molecular weight is 294 g/mol. The Hall–Kier alpha value is -1.62. The van der Waals surface area contributed by atoms with Gasteiger partial charge in [0.05, 0.1) is 5.56 Å². The first-order valence-corrected chi connectivity index (χ1v) is 5.95. The number of pyridine rings is 1. The molecule has 0 atom stereocenters. The van der Waals surface area contributed by atoms with Crippen molar-refractivity contribution in [3.63, 3.8) is 0 Å². The molecule has 2 aromatic heterocycles. The molecule has 0 saturated heterocycles. The maximum Gasteiger partial charge on any atom is 0.271 e. The number of aromatic nitrogens is 2. The Balaban J connectivity index is 2.20. The van der Waals surface area contributed by atoms with Crippen LogP contribution in [0.2, 0.25) is 0 Å². The topological polar surface area (TPSA) is 46.9 Å². The van der Waals surface area contributed by atoms with E-state index in [-0.39, 0.29) is 5.91 Å². The summed E-state index contributed by atoms with van der Waals surface area (Å²) in [6, 6.07) is 7.37. The van der Waals surface area contributed by atoms with Crippen LogP contribution < -0.4 is 5.43 Å². The molecule has 0 aliphatic heterocycles. The summed E-state index contributed by atoms with van der Waals surface area (Å²) in [6.07, 6.45) is 1.54. The fourth-order valence-corrected chi connectivity index (χ4v) is 1.76. The molecule has 1 amide bonds. The summed E-state index contributed by atoms with van der Waals surface area (Å²) in [5.41, 5.74) is 5.32. The van der Waals surface area contributed by atoms with Crippen LogP contribution in [0.25, 0.3) is 0 Å². The molecule has 1 N–H and O–H groups in total. The van der Waals surface area contributed by atoms with Gasteiger partial charge in [0.1, 0.15) is 4.60 Å². The van der Waals surface area contributed by atoms with Crippen LogP contribution in [0.5, 0.6) is 0 Å². The predicted octanol–water partition coefficient (Wildman–Crippen LogP) is 2.65. The second-order valence-corrected chi connectivity index (χ2v) is 4.57. The second kappa shape index (κ2) is 4.71. The molecule has 2 rings (SSSR count). The zero-order valence-electron chi connectivity index (χ0n) is 9.57. The standard InChI is InChI=1S/C12H12BrN3O/c1-8-3-4-9(2)16(8)15-12(17)10-5-6-11(13)14-7-10/h3-7H,1-2H3,(H,15,17). The maximum absolute atomic E-state index is 11.9. The number of rotatable bonds is 2. The van der Waals surface area contributed by atoms with E-state index in [1.807, 2.05) is 26.0 Å². The zero-order chi connectivity index (χ0) is 12.4. The van der Waals surface area contributed by atoms with Gasteiger partial charge in [-0.25, -0.2) is 4.98 Å². The molecule has 2 heterocycles. The van der Waals surface area contributed by atoms with E-state index in [4.69, 9.17) is 0 Å². The molecule has 0 saturated carbocycles. The number of nitrogens with zero attached hydrogens (tertiary/aromatic N) is 2. The largest absolute Gasteiger partial charge is 0.271 e. The van der Waals surface area contributed by atoms with Gasteiger partial charge in [-0.05, 0) is 54.0 Å². The molecule has 0 bridgehead atoms. The quantitative estimate of drug-likeness (QED) is 0.866. The van der Waals surface area contributed by atoms with Crippen molar-refractivity contribution >= 4 is 21.8 Å². The zero-order valence-corrected chi connectivity index (χ0v) is 11.2. The van der Waals surface area contributed by atoms with Crippen molar-refractivity contribution in [1.82, 2.24) is 9.66 Å². The summed E-state index contributed by atoms with van der Waals surface area (Å²) in [7, 11) is 0. The highest BCUT2D eigenvalue weighted by Gasteiger charge is 2.08. The molecule has 0 unspecified atom stereocenters. The number of halogens is 1. The number of amides is 1. The van der Waals surface area contributed by atoms with E-state index in [1.165, 1.54) is 6.20 Å². The third-order valence-electron chi connectivity index (χ3n) is 2.47. The van der Waals surface area contributed by atoms with Gasteiger partial charge in [0.2, 0.25) is 0 Å². The molecule has 5 heteroatoms. The van der Waals surface area contributed by atoms with Gasteiger partial charge in [0, 0.05) is 17.6 Å². The molecule has 0 radical (unpaired) electrons. The molecule has 0 aliphatic rings. The first kappa shape index (κ1) is 11.9. The van der Waals surface area contributed by atoms with Crippen molar-refractivity contribution in [2.75, 3.05) is 5.43 Å². The Kier molecular flexibility index (Phi) is 3.28. The van der Waals surface area contributed by atoms with Gasteiger partial charge in [-0.2, -0.15) is 0 Å². The molecule has 0 spiro atoms. The number of aryl methyl sites for hydroxylation is 2. The Morgan fingerprint density at radius 1 is 1.24 bits per heavy atom. The van der Waals surface area contributed by atoms with Crippen LogP contribution >= 0.6 is 15.9 Å². The molecule has 4 nitrogen and oxygen atoms in total. The summed E-state index contributed by atoms with van der Waals surface area (Å²) in [6.45, 7) is 3.88. The summed E-state index contributed by atoms with van der Waals surface area (Å²) in [4.78, 5) is 16.0. The summed E-state index contributed by atoms with van der Waals surface area (Å²) < 4.78 is 2.46. The van der Waals surface area contributed by atoms with Gasteiger partial charge in [-0.15, -0.1) is 0 Å². The minimum Gasteiger partial charge on any atom is -0.267 e. The first-order chi connectivity index (χ1) is 8.08. The fourth-order valence-electron chi connectivity index (χ4n) is 1.52. The van der Waals surface area contributed by atoms with E-state index in [2.05, 4.69) is 26.3 Å². The lowest BCUT2D eigenvalue weighted by Gasteiger charge is -2.10. The number of carbonyl (C=O) groups is 1. The van der Waals surface area contributed by atoms with Crippen molar-refractivity contribution in [1.29, 1.82) is 0 Å². The molecule has 0 aromatic carbocycles. The Morgan fingerprint density at radius 3 is 2.41 bits per heavy atom. The maximum atomic E-state index is 11.9. The van der Waals surface area contributed by atoms with Gasteiger partial charge in [-0.1, -0.05) is 0 Å². The van der Waals surface area contributed by atoms with E-state index in [1.54, 1.807) is 16.8 Å². The molecule has 0 aliphatic carbocycles. The second-order valence-electron chi connectivity index (χ2n) is 3.76. The Labute approximate surface area is 108 Å². The first-order valence-electron chi connectivity index (χ1n) is 5.16. The van der Waals surface area contributed by atoms with Gasteiger partial charge < -0.3 is 0 Å². The van der Waals surface area contributed by atoms with Crippen LogP contribution in [-0.2, 0) is 0 Å². The van der Waals surface area contributed by atoms with Crippen molar-refractivity contribution in [2.45, 2.75) is 13.8 Å². The van der Waals surface area contributed by atoms with Crippen LogP contribution in [0, 0.1) is 13.8 Å². The van der Waals surface area contributed by atoms with Gasteiger partial charge in [0.15, 0.2) is 0 Å². The van der Waals surface area contributed by atoms with Crippen LogP contribution in [0.4, 0.5) is 0 Å². The summed E-state index contributed by atoms with van der Waals surface area (Å²) in [5.74, 6) is -0.174. The SMILES string of the molecule is Cc1ccc(C)n1NC(=O)c1ccc(Br)nc1. The Morgan fingerprint density at radius 2 is 1.88 bits per heavy atom. The van der Waals surface area contributed by atoms with E-state index < -0.39 is 0 Å². The molecule has 2 aromatic rings. The smallest absolute Gasteiger partial charge is 0.267 e. The highest BCUT2D eigenvalue weighted by Crippen LogP contribution is 2.08. The van der Waals surface area contributed by atoms with E-state index in [0.717, 1.165) is 11.4 Å². The average Bonchev–Trinajstić information content (AvgIpc) is 2.61. The van der Waals surface area contributed by atoms with Gasteiger partial charge in [0.25, 0.3) is 5.91 Å². The van der Waals surface area contributed by atoms with Crippen molar-refractivity contribution in [3.8, 4) is 0 Å². The monoisotopic (exact) mass is 293 g/mol. The number of nitrogens with one attached hydrogen (secondary N) is 1. The molecular weight excluding hydrogens is 282 g/mol. The number of carbonyl (C=O) groups excluding carboxylic acids is 1. The third kappa shape index (κ3) is 2.55. The van der Waals surface area contributed by atoms with Crippen LogP contribution in [-0.4, -0.2) is 15.6 Å². The van der Waals surface area contributed by atoms with Crippen molar-refractivity contribution < 1.29 is 4.79 Å². The normalized spacial score (nSPS) is 10.3. The predicted molar refractivity (Wildman–Crippen MR) is 69.5 cm³/mol. The lowest BCUT2D eigenvalue weighted by atomic mass is 10.3. The van der Waals surface area contributed by atoms with Crippen molar-refractivity contribution in [3.05, 3.63) is 52.0 Å². The lowest BCUT2D eigenvalue weighted by Crippen LogP contribution is -2.24. The van der Waals surface area contributed by atoms with E-state index >= 15 is 0 Å². The van der Waals surface area contributed by atoms with Crippen LogP contribution in [0.15, 0.2) is 35.1 Å². The minimum absolute atomic E-state index is 0.174. The highest BCUT2D eigenvalue weighted by molar-refractivity contribution is 9.10. The molecular formula is C12H12BrN3O. The summed E-state index contributed by atoms with van der Waals surface area (Å²) >= 11 is 3.23. The number of hydrogen-bond acceptors (Lipinski definition) is 2. The van der Waals surface area contributed by atoms with E-state index in [9.17, 15) is 4.79 Å².